The van der Waals surface area contributed by atoms with E-state index in [1.165, 1.54) is 0 Å². The molecule has 132 valence electrons. The fourth-order valence-corrected chi connectivity index (χ4v) is 2.70. The number of ether oxygens (including phenoxy) is 1. The standard InChI is InChI=1S/C20H18N2O4/c1-2-12-26-15-7-5-6-14(13-15)21-18(23)10-11-22-19(24)16-8-3-4-9-17(16)20(22)25/h2-9,13H,1,10-12H2,(H,21,23). The predicted octanol–water partition coefficient (Wildman–Crippen LogP) is 2.88. The van der Waals surface area contributed by atoms with Gasteiger partial charge in [0.05, 0.1) is 11.1 Å². The lowest BCUT2D eigenvalue weighted by molar-refractivity contribution is -0.116. The second-order valence-electron chi connectivity index (χ2n) is 5.73. The summed E-state index contributed by atoms with van der Waals surface area (Å²) in [6, 6.07) is 13.6. The molecule has 1 aliphatic heterocycles. The molecule has 0 saturated carbocycles. The summed E-state index contributed by atoms with van der Waals surface area (Å²) in [4.78, 5) is 37.8. The highest BCUT2D eigenvalue weighted by Gasteiger charge is 2.34. The summed E-state index contributed by atoms with van der Waals surface area (Å²) in [6.45, 7) is 3.99. The van der Waals surface area contributed by atoms with Gasteiger partial charge in [-0.15, -0.1) is 0 Å². The number of nitrogens with zero attached hydrogens (tertiary/aromatic N) is 1. The minimum Gasteiger partial charge on any atom is -0.489 e. The van der Waals surface area contributed by atoms with Crippen molar-refractivity contribution in [3.05, 3.63) is 72.3 Å². The number of benzene rings is 2. The van der Waals surface area contributed by atoms with Gasteiger partial charge in [-0.05, 0) is 24.3 Å². The molecule has 0 radical (unpaired) electrons. The molecule has 26 heavy (non-hydrogen) atoms. The van der Waals surface area contributed by atoms with Crippen molar-refractivity contribution in [2.24, 2.45) is 0 Å². The quantitative estimate of drug-likeness (QED) is 0.615. The van der Waals surface area contributed by atoms with Crippen LogP contribution in [-0.2, 0) is 4.79 Å². The van der Waals surface area contributed by atoms with Gasteiger partial charge in [0.15, 0.2) is 0 Å². The summed E-state index contributed by atoms with van der Waals surface area (Å²) in [5.41, 5.74) is 1.34. The molecule has 1 heterocycles. The van der Waals surface area contributed by atoms with Crippen molar-refractivity contribution in [2.75, 3.05) is 18.5 Å². The average Bonchev–Trinajstić information content (AvgIpc) is 2.89. The molecule has 0 saturated heterocycles. The third kappa shape index (κ3) is 3.64. The molecule has 6 nitrogen and oxygen atoms in total. The Morgan fingerprint density at radius 1 is 1.08 bits per heavy atom. The number of nitrogens with one attached hydrogen (secondary N) is 1. The monoisotopic (exact) mass is 350 g/mol. The van der Waals surface area contributed by atoms with E-state index >= 15 is 0 Å². The molecule has 0 spiro atoms. The molecule has 0 bridgehead atoms. The van der Waals surface area contributed by atoms with Crippen molar-refractivity contribution in [3.8, 4) is 5.75 Å². The second kappa shape index (κ2) is 7.65. The Labute approximate surface area is 151 Å². The Balaban J connectivity index is 1.58. The summed E-state index contributed by atoms with van der Waals surface area (Å²) in [5.74, 6) is -0.401. The Kier molecular flexibility index (Phi) is 5.12. The van der Waals surface area contributed by atoms with Crippen LogP contribution in [0.1, 0.15) is 27.1 Å². The summed E-state index contributed by atoms with van der Waals surface area (Å²) in [5, 5.41) is 2.74. The number of fused-ring (bicyclic) bond motifs is 1. The molecule has 6 heteroatoms. The fourth-order valence-electron chi connectivity index (χ4n) is 2.70. The third-order valence-corrected chi connectivity index (χ3v) is 3.93. The molecule has 1 N–H and O–H groups in total. The highest BCUT2D eigenvalue weighted by molar-refractivity contribution is 6.21. The van der Waals surface area contributed by atoms with Gasteiger partial charge in [-0.1, -0.05) is 30.9 Å². The van der Waals surface area contributed by atoms with Crippen molar-refractivity contribution >= 4 is 23.4 Å². The summed E-state index contributed by atoms with van der Waals surface area (Å²) in [6.07, 6.45) is 1.65. The van der Waals surface area contributed by atoms with Crippen LogP contribution in [0.25, 0.3) is 0 Å². The number of amides is 3. The molecule has 0 aromatic heterocycles. The first kappa shape index (κ1) is 17.4. The number of hydrogen-bond acceptors (Lipinski definition) is 4. The van der Waals surface area contributed by atoms with E-state index in [1.807, 2.05) is 0 Å². The minimum absolute atomic E-state index is 0.0171. The maximum Gasteiger partial charge on any atom is 0.261 e. The van der Waals surface area contributed by atoms with Gasteiger partial charge in [0, 0.05) is 24.7 Å². The number of imide groups is 1. The van der Waals surface area contributed by atoms with Gasteiger partial charge in [-0.2, -0.15) is 0 Å². The van der Waals surface area contributed by atoms with E-state index in [-0.39, 0.29) is 30.7 Å². The zero-order chi connectivity index (χ0) is 18.5. The lowest BCUT2D eigenvalue weighted by Gasteiger charge is -2.13. The molecule has 0 unspecified atom stereocenters. The fraction of sp³-hybridized carbons (Fsp3) is 0.150. The number of hydrogen-bond donors (Lipinski definition) is 1. The zero-order valence-electron chi connectivity index (χ0n) is 14.1. The molecule has 0 aliphatic carbocycles. The van der Waals surface area contributed by atoms with Gasteiger partial charge < -0.3 is 10.1 Å². The molecular weight excluding hydrogens is 332 g/mol. The van der Waals surface area contributed by atoms with Crippen molar-refractivity contribution in [1.82, 2.24) is 4.90 Å². The minimum atomic E-state index is -0.363. The first-order valence-electron chi connectivity index (χ1n) is 8.19. The molecular formula is C20H18N2O4. The van der Waals surface area contributed by atoms with E-state index in [1.54, 1.807) is 54.6 Å². The van der Waals surface area contributed by atoms with Crippen LogP contribution >= 0.6 is 0 Å². The first-order chi connectivity index (χ1) is 12.6. The molecule has 0 atom stereocenters. The molecule has 1 aliphatic rings. The lowest BCUT2D eigenvalue weighted by atomic mass is 10.1. The maximum atomic E-state index is 12.3. The van der Waals surface area contributed by atoms with Crippen molar-refractivity contribution < 1.29 is 19.1 Å². The van der Waals surface area contributed by atoms with Crippen LogP contribution in [0.15, 0.2) is 61.2 Å². The van der Waals surface area contributed by atoms with E-state index in [0.29, 0.717) is 29.2 Å². The van der Waals surface area contributed by atoms with Gasteiger partial charge in [-0.3, -0.25) is 19.3 Å². The molecule has 2 aromatic carbocycles. The molecule has 3 rings (SSSR count). The van der Waals surface area contributed by atoms with Crippen molar-refractivity contribution in [3.63, 3.8) is 0 Å². The maximum absolute atomic E-state index is 12.3. The van der Waals surface area contributed by atoms with Crippen LogP contribution in [0.2, 0.25) is 0 Å². The number of rotatable bonds is 7. The number of anilines is 1. The number of carbonyl (C=O) groups excluding carboxylic acids is 3. The Bertz CT molecular complexity index is 841. The summed E-state index contributed by atoms with van der Waals surface area (Å²) < 4.78 is 5.42. The topological polar surface area (TPSA) is 75.7 Å². The van der Waals surface area contributed by atoms with Crippen LogP contribution in [0, 0.1) is 0 Å². The van der Waals surface area contributed by atoms with Crippen LogP contribution < -0.4 is 10.1 Å². The predicted molar refractivity (Wildman–Crippen MR) is 97.2 cm³/mol. The van der Waals surface area contributed by atoms with Crippen molar-refractivity contribution in [1.29, 1.82) is 0 Å². The first-order valence-corrected chi connectivity index (χ1v) is 8.19. The van der Waals surface area contributed by atoms with E-state index < -0.39 is 0 Å². The van der Waals surface area contributed by atoms with Gasteiger partial charge >= 0.3 is 0 Å². The van der Waals surface area contributed by atoms with E-state index in [0.717, 1.165) is 4.90 Å². The lowest BCUT2D eigenvalue weighted by Crippen LogP contribution is -2.32. The molecule has 2 aromatic rings. The smallest absolute Gasteiger partial charge is 0.261 e. The highest BCUT2D eigenvalue weighted by atomic mass is 16.5. The van der Waals surface area contributed by atoms with Gasteiger partial charge in [-0.25, -0.2) is 0 Å². The van der Waals surface area contributed by atoms with E-state index in [9.17, 15) is 14.4 Å². The van der Waals surface area contributed by atoms with E-state index in [4.69, 9.17) is 4.74 Å². The van der Waals surface area contributed by atoms with Gasteiger partial charge in [0.25, 0.3) is 11.8 Å². The van der Waals surface area contributed by atoms with Crippen LogP contribution in [0.3, 0.4) is 0 Å². The Hall–Kier alpha value is -3.41. The summed E-state index contributed by atoms with van der Waals surface area (Å²) >= 11 is 0. The molecule has 0 fully saturated rings. The average molecular weight is 350 g/mol. The largest absolute Gasteiger partial charge is 0.489 e. The normalized spacial score (nSPS) is 12.7. The summed E-state index contributed by atoms with van der Waals surface area (Å²) in [7, 11) is 0. The van der Waals surface area contributed by atoms with E-state index in [2.05, 4.69) is 11.9 Å². The Morgan fingerprint density at radius 2 is 1.77 bits per heavy atom. The highest BCUT2D eigenvalue weighted by Crippen LogP contribution is 2.23. The van der Waals surface area contributed by atoms with Crippen LogP contribution in [0.4, 0.5) is 5.69 Å². The van der Waals surface area contributed by atoms with Crippen LogP contribution in [-0.4, -0.2) is 35.8 Å². The molecule has 3 amide bonds. The Morgan fingerprint density at radius 3 is 2.42 bits per heavy atom. The number of carbonyl (C=O) groups is 3. The van der Waals surface area contributed by atoms with Crippen LogP contribution in [0.5, 0.6) is 5.75 Å². The third-order valence-electron chi connectivity index (χ3n) is 3.93. The van der Waals surface area contributed by atoms with Gasteiger partial charge in [0.1, 0.15) is 12.4 Å². The SMILES string of the molecule is C=CCOc1cccc(NC(=O)CCN2C(=O)c3ccccc3C2=O)c1. The second-order valence-corrected chi connectivity index (χ2v) is 5.73. The zero-order valence-corrected chi connectivity index (χ0v) is 14.1. The van der Waals surface area contributed by atoms with Crippen molar-refractivity contribution in [2.45, 2.75) is 6.42 Å². The van der Waals surface area contributed by atoms with Gasteiger partial charge in [0.2, 0.25) is 5.91 Å².